The summed E-state index contributed by atoms with van der Waals surface area (Å²) in [5.41, 5.74) is 2.48. The van der Waals surface area contributed by atoms with Gasteiger partial charge in [-0.3, -0.25) is 4.90 Å². The van der Waals surface area contributed by atoms with E-state index in [1.807, 2.05) is 35.8 Å². The molecule has 0 saturated heterocycles. The van der Waals surface area contributed by atoms with Crippen molar-refractivity contribution in [2.24, 2.45) is 5.16 Å². The van der Waals surface area contributed by atoms with Gasteiger partial charge in [0, 0.05) is 23.0 Å². The lowest BCUT2D eigenvalue weighted by atomic mass is 10.0. The summed E-state index contributed by atoms with van der Waals surface area (Å²) in [5, 5.41) is 6.92. The average Bonchev–Trinajstić information content (AvgIpc) is 2.97. The number of fused-ring (bicyclic) bond motifs is 1. The van der Waals surface area contributed by atoms with E-state index in [1.54, 1.807) is 7.11 Å². The molecule has 0 aliphatic carbocycles. The quantitative estimate of drug-likeness (QED) is 0.625. The fraction of sp³-hybridized carbons (Fsp3) is 0.312. The molecule has 3 nitrogen and oxygen atoms in total. The maximum absolute atomic E-state index is 6.37. The zero-order chi connectivity index (χ0) is 14.7. The smallest absolute Gasteiger partial charge is 0.106 e. The Labute approximate surface area is 133 Å². The molecule has 3 rings (SSSR count). The molecule has 1 unspecified atom stereocenters. The van der Waals surface area contributed by atoms with Gasteiger partial charge in [-0.1, -0.05) is 35.0 Å². The third-order valence-corrected chi connectivity index (χ3v) is 5.13. The van der Waals surface area contributed by atoms with E-state index in [4.69, 9.17) is 16.4 Å². The lowest BCUT2D eigenvalue weighted by Crippen LogP contribution is -2.34. The molecule has 21 heavy (non-hydrogen) atoms. The first kappa shape index (κ1) is 14.6. The van der Waals surface area contributed by atoms with Crippen molar-refractivity contribution in [2.75, 3.05) is 13.7 Å². The van der Waals surface area contributed by atoms with Crippen LogP contribution in [0.5, 0.6) is 0 Å². The normalized spacial score (nSPS) is 16.9. The highest BCUT2D eigenvalue weighted by Gasteiger charge is 2.25. The first-order valence-electron chi connectivity index (χ1n) is 6.90. The van der Waals surface area contributed by atoms with Gasteiger partial charge in [0.15, 0.2) is 0 Å². The van der Waals surface area contributed by atoms with Gasteiger partial charge in [-0.15, -0.1) is 11.3 Å². The molecular formula is C16H17ClN2OS. The third-order valence-electron chi connectivity index (χ3n) is 3.76. The van der Waals surface area contributed by atoms with E-state index in [-0.39, 0.29) is 6.04 Å². The highest BCUT2D eigenvalue weighted by Crippen LogP contribution is 2.32. The Morgan fingerprint density at radius 2 is 2.24 bits per heavy atom. The fourth-order valence-corrected chi connectivity index (χ4v) is 3.85. The predicted molar refractivity (Wildman–Crippen MR) is 88.1 cm³/mol. The molecule has 0 spiro atoms. The second-order valence-electron chi connectivity index (χ2n) is 4.99. The van der Waals surface area contributed by atoms with Crippen molar-refractivity contribution in [3.05, 3.63) is 56.7 Å². The number of halogens is 1. The lowest BCUT2D eigenvalue weighted by molar-refractivity contribution is 0.198. The highest BCUT2D eigenvalue weighted by atomic mass is 35.5. The molecule has 1 aliphatic rings. The number of benzene rings is 1. The van der Waals surface area contributed by atoms with E-state index in [0.29, 0.717) is 0 Å². The van der Waals surface area contributed by atoms with Gasteiger partial charge in [0.2, 0.25) is 0 Å². The Bertz CT molecular complexity index is 641. The van der Waals surface area contributed by atoms with Crippen LogP contribution in [0.1, 0.15) is 22.0 Å². The summed E-state index contributed by atoms with van der Waals surface area (Å²) in [6, 6.07) is 10.2. The summed E-state index contributed by atoms with van der Waals surface area (Å²) in [7, 11) is 1.56. The molecular weight excluding hydrogens is 304 g/mol. The lowest BCUT2D eigenvalue weighted by Gasteiger charge is -2.32. The van der Waals surface area contributed by atoms with Crippen molar-refractivity contribution < 1.29 is 4.84 Å². The van der Waals surface area contributed by atoms with Gasteiger partial charge < -0.3 is 4.84 Å². The van der Waals surface area contributed by atoms with Crippen molar-refractivity contribution in [3.8, 4) is 0 Å². The van der Waals surface area contributed by atoms with Crippen LogP contribution in [0.25, 0.3) is 0 Å². The molecule has 0 N–H and O–H groups in total. The Morgan fingerprint density at radius 1 is 1.38 bits per heavy atom. The fourth-order valence-electron chi connectivity index (χ4n) is 2.71. The SMILES string of the molecule is CON=CC(c1ccccc1Cl)N1CCc2sccc2C1. The van der Waals surface area contributed by atoms with Crippen molar-refractivity contribution >= 4 is 29.2 Å². The number of hydrogen-bond donors (Lipinski definition) is 0. The van der Waals surface area contributed by atoms with Gasteiger partial charge in [0.05, 0.1) is 12.3 Å². The molecule has 0 radical (unpaired) electrons. The van der Waals surface area contributed by atoms with Gasteiger partial charge in [-0.05, 0) is 35.1 Å². The molecule has 110 valence electrons. The second-order valence-corrected chi connectivity index (χ2v) is 6.40. The van der Waals surface area contributed by atoms with Crippen LogP contribution in [-0.2, 0) is 17.8 Å². The zero-order valence-electron chi connectivity index (χ0n) is 11.8. The monoisotopic (exact) mass is 320 g/mol. The van der Waals surface area contributed by atoms with Gasteiger partial charge in [0.25, 0.3) is 0 Å². The first-order chi connectivity index (χ1) is 10.3. The maximum Gasteiger partial charge on any atom is 0.106 e. The Hall–Kier alpha value is -1.36. The molecule has 5 heteroatoms. The van der Waals surface area contributed by atoms with Gasteiger partial charge in [0.1, 0.15) is 7.11 Å². The molecule has 1 aromatic carbocycles. The van der Waals surface area contributed by atoms with Crippen molar-refractivity contribution in [1.82, 2.24) is 4.90 Å². The topological polar surface area (TPSA) is 24.8 Å². The van der Waals surface area contributed by atoms with Crippen molar-refractivity contribution in [3.63, 3.8) is 0 Å². The molecule has 2 heterocycles. The van der Waals surface area contributed by atoms with Crippen LogP contribution in [0.15, 0.2) is 40.9 Å². The van der Waals surface area contributed by atoms with Crippen LogP contribution in [0.2, 0.25) is 5.02 Å². The third kappa shape index (κ3) is 3.12. The minimum Gasteiger partial charge on any atom is -0.399 e. The summed E-state index contributed by atoms with van der Waals surface area (Å²) in [6.07, 6.45) is 2.91. The summed E-state index contributed by atoms with van der Waals surface area (Å²) >= 11 is 8.21. The second kappa shape index (κ2) is 6.60. The van der Waals surface area contributed by atoms with E-state index in [9.17, 15) is 0 Å². The summed E-state index contributed by atoms with van der Waals surface area (Å²) in [6.45, 7) is 1.92. The number of rotatable bonds is 4. The Morgan fingerprint density at radius 3 is 3.05 bits per heavy atom. The zero-order valence-corrected chi connectivity index (χ0v) is 13.4. The van der Waals surface area contributed by atoms with Crippen LogP contribution < -0.4 is 0 Å². The summed E-state index contributed by atoms with van der Waals surface area (Å²) in [4.78, 5) is 8.76. The van der Waals surface area contributed by atoms with E-state index in [0.717, 1.165) is 30.1 Å². The maximum atomic E-state index is 6.37. The van der Waals surface area contributed by atoms with Crippen molar-refractivity contribution in [2.45, 2.75) is 19.0 Å². The van der Waals surface area contributed by atoms with Gasteiger partial charge in [-0.2, -0.15) is 0 Å². The van der Waals surface area contributed by atoms with Crippen LogP contribution in [0, 0.1) is 0 Å². The van der Waals surface area contributed by atoms with Crippen LogP contribution in [0.3, 0.4) is 0 Å². The molecule has 0 saturated carbocycles. The molecule has 2 aromatic rings. The molecule has 0 amide bonds. The van der Waals surface area contributed by atoms with E-state index in [2.05, 4.69) is 27.6 Å². The Kier molecular flexibility index (Phi) is 4.58. The molecule has 1 aromatic heterocycles. The van der Waals surface area contributed by atoms with E-state index >= 15 is 0 Å². The molecule has 0 fully saturated rings. The number of nitrogens with zero attached hydrogens (tertiary/aromatic N) is 2. The minimum absolute atomic E-state index is 0.0340. The number of oxime groups is 1. The summed E-state index contributed by atoms with van der Waals surface area (Å²) in [5.74, 6) is 0. The van der Waals surface area contributed by atoms with Crippen LogP contribution in [0.4, 0.5) is 0 Å². The molecule has 1 aliphatic heterocycles. The summed E-state index contributed by atoms with van der Waals surface area (Å²) < 4.78 is 0. The van der Waals surface area contributed by atoms with Gasteiger partial charge in [-0.25, -0.2) is 0 Å². The average molecular weight is 321 g/mol. The van der Waals surface area contributed by atoms with Crippen molar-refractivity contribution in [1.29, 1.82) is 0 Å². The number of hydrogen-bond acceptors (Lipinski definition) is 4. The molecule has 0 bridgehead atoms. The molecule has 1 atom stereocenters. The highest BCUT2D eigenvalue weighted by molar-refractivity contribution is 7.10. The predicted octanol–water partition coefficient (Wildman–Crippen LogP) is 4.13. The van der Waals surface area contributed by atoms with E-state index in [1.165, 1.54) is 10.4 Å². The van der Waals surface area contributed by atoms with E-state index < -0.39 is 0 Å². The standard InChI is InChI=1S/C16H17ClN2OS/c1-20-18-10-15(13-4-2-3-5-14(13)17)19-8-6-16-12(11-19)7-9-21-16/h2-5,7,9-10,15H,6,8,11H2,1H3. The van der Waals surface area contributed by atoms with Crippen LogP contribution in [-0.4, -0.2) is 24.8 Å². The minimum atomic E-state index is 0.0340. The van der Waals surface area contributed by atoms with Gasteiger partial charge >= 0.3 is 0 Å². The largest absolute Gasteiger partial charge is 0.399 e. The van der Waals surface area contributed by atoms with Crippen LogP contribution >= 0.6 is 22.9 Å². The number of thiophene rings is 1. The Balaban J connectivity index is 1.90. The first-order valence-corrected chi connectivity index (χ1v) is 8.15.